The van der Waals surface area contributed by atoms with Crippen LogP contribution in [-0.4, -0.2) is 25.0 Å². The van der Waals surface area contributed by atoms with Gasteiger partial charge in [0.2, 0.25) is 11.9 Å². The lowest BCUT2D eigenvalue weighted by Crippen LogP contribution is -2.18. The van der Waals surface area contributed by atoms with Crippen molar-refractivity contribution in [2.45, 2.75) is 26.9 Å². The summed E-state index contributed by atoms with van der Waals surface area (Å²) in [7, 11) is 1.57. The Morgan fingerprint density at radius 1 is 1.46 bits per heavy atom. The molecule has 0 aliphatic carbocycles. The molecule has 0 radical (unpaired) electrons. The van der Waals surface area contributed by atoms with Crippen molar-refractivity contribution in [1.82, 2.24) is 0 Å². The Labute approximate surface area is 79.2 Å². The first kappa shape index (κ1) is 11.7. The van der Waals surface area contributed by atoms with Gasteiger partial charge in [0.15, 0.2) is 0 Å². The topological polar surface area (TPSA) is 60.0 Å². The average Bonchev–Trinajstić information content (AvgIpc) is 2.02. The Morgan fingerprint density at radius 2 is 2.00 bits per heavy atom. The summed E-state index contributed by atoms with van der Waals surface area (Å²) in [6, 6.07) is 0. The molecule has 0 saturated heterocycles. The van der Waals surface area contributed by atoms with Crippen molar-refractivity contribution >= 4 is 11.9 Å². The largest absolute Gasteiger partial charge is 0.475 e. The Bertz CT molecular complexity index is 241. The zero-order valence-electron chi connectivity index (χ0n) is 8.66. The van der Waals surface area contributed by atoms with E-state index in [2.05, 4.69) is 16.6 Å². The van der Waals surface area contributed by atoms with Gasteiger partial charge in [-0.3, -0.25) is 4.99 Å². The average molecular weight is 183 g/mol. The van der Waals surface area contributed by atoms with E-state index in [4.69, 9.17) is 10.5 Å². The van der Waals surface area contributed by atoms with Gasteiger partial charge in [-0.25, -0.2) is 0 Å². The first-order chi connectivity index (χ1) is 5.97. The van der Waals surface area contributed by atoms with Crippen LogP contribution in [0.25, 0.3) is 0 Å². The SMILES string of the molecule is C=C(C)/C(=N\C(N)=N/C)OC(C)C. The molecule has 0 spiro atoms. The van der Waals surface area contributed by atoms with Gasteiger partial charge in [0.05, 0.1) is 6.10 Å². The summed E-state index contributed by atoms with van der Waals surface area (Å²) in [5, 5.41) is 0. The van der Waals surface area contributed by atoms with Gasteiger partial charge in [0, 0.05) is 12.6 Å². The van der Waals surface area contributed by atoms with Crippen LogP contribution in [0.15, 0.2) is 22.1 Å². The summed E-state index contributed by atoms with van der Waals surface area (Å²) < 4.78 is 5.37. The van der Waals surface area contributed by atoms with Crippen LogP contribution in [0.2, 0.25) is 0 Å². The lowest BCUT2D eigenvalue weighted by atomic mass is 10.3. The van der Waals surface area contributed by atoms with Gasteiger partial charge in [-0.05, 0) is 20.8 Å². The molecule has 0 saturated carbocycles. The molecule has 4 nitrogen and oxygen atoms in total. The molecule has 74 valence electrons. The van der Waals surface area contributed by atoms with Crippen LogP contribution in [0.5, 0.6) is 0 Å². The second-order valence-corrected chi connectivity index (χ2v) is 2.95. The Kier molecular flexibility index (Phi) is 4.80. The molecule has 0 heterocycles. The second kappa shape index (κ2) is 5.35. The van der Waals surface area contributed by atoms with Crippen LogP contribution in [0.3, 0.4) is 0 Å². The molecular weight excluding hydrogens is 166 g/mol. The number of nitrogens with zero attached hydrogens (tertiary/aromatic N) is 2. The fourth-order valence-corrected chi connectivity index (χ4v) is 0.600. The molecule has 13 heavy (non-hydrogen) atoms. The predicted molar refractivity (Wildman–Crippen MR) is 56.0 cm³/mol. The molecule has 0 aliphatic heterocycles. The predicted octanol–water partition coefficient (Wildman–Crippen LogP) is 1.33. The van der Waals surface area contributed by atoms with E-state index in [0.29, 0.717) is 5.90 Å². The van der Waals surface area contributed by atoms with Gasteiger partial charge >= 0.3 is 0 Å². The summed E-state index contributed by atoms with van der Waals surface area (Å²) in [6.45, 7) is 9.37. The summed E-state index contributed by atoms with van der Waals surface area (Å²) in [5.41, 5.74) is 6.17. The fourth-order valence-electron chi connectivity index (χ4n) is 0.600. The van der Waals surface area contributed by atoms with Crippen LogP contribution in [0.1, 0.15) is 20.8 Å². The first-order valence-corrected chi connectivity index (χ1v) is 4.10. The van der Waals surface area contributed by atoms with Crippen molar-refractivity contribution in [2.24, 2.45) is 15.7 Å². The minimum Gasteiger partial charge on any atom is -0.475 e. The number of hydrogen-bond donors (Lipinski definition) is 1. The van der Waals surface area contributed by atoms with Gasteiger partial charge < -0.3 is 10.5 Å². The molecule has 2 N–H and O–H groups in total. The maximum atomic E-state index is 5.43. The quantitative estimate of drug-likeness (QED) is 0.518. The number of aliphatic imine (C=N–C) groups is 2. The molecule has 0 unspecified atom stereocenters. The summed E-state index contributed by atoms with van der Waals surface area (Å²) in [6.07, 6.45) is 0.0557. The van der Waals surface area contributed by atoms with Crippen molar-refractivity contribution in [3.63, 3.8) is 0 Å². The molecule has 0 bridgehead atoms. The zero-order valence-corrected chi connectivity index (χ0v) is 8.66. The van der Waals surface area contributed by atoms with E-state index in [1.165, 1.54) is 0 Å². The Morgan fingerprint density at radius 3 is 2.31 bits per heavy atom. The molecule has 0 aliphatic rings. The molecule has 4 heteroatoms. The van der Waals surface area contributed by atoms with E-state index in [-0.39, 0.29) is 12.1 Å². The van der Waals surface area contributed by atoms with Gasteiger partial charge in [0.25, 0.3) is 0 Å². The van der Waals surface area contributed by atoms with E-state index >= 15 is 0 Å². The third-order valence-electron chi connectivity index (χ3n) is 1.16. The van der Waals surface area contributed by atoms with Gasteiger partial charge in [-0.15, -0.1) is 0 Å². The lowest BCUT2D eigenvalue weighted by Gasteiger charge is -2.11. The summed E-state index contributed by atoms with van der Waals surface area (Å²) in [4.78, 5) is 7.66. The van der Waals surface area contributed by atoms with Crippen molar-refractivity contribution in [2.75, 3.05) is 7.05 Å². The first-order valence-electron chi connectivity index (χ1n) is 4.10. The Balaban J connectivity index is 4.61. The van der Waals surface area contributed by atoms with E-state index in [1.807, 2.05) is 20.8 Å². The van der Waals surface area contributed by atoms with E-state index in [9.17, 15) is 0 Å². The summed E-state index contributed by atoms with van der Waals surface area (Å²) >= 11 is 0. The van der Waals surface area contributed by atoms with Crippen LogP contribution in [0, 0.1) is 0 Å². The van der Waals surface area contributed by atoms with Crippen molar-refractivity contribution in [3.05, 3.63) is 12.2 Å². The number of nitrogens with two attached hydrogens (primary N) is 1. The second-order valence-electron chi connectivity index (χ2n) is 2.95. The van der Waals surface area contributed by atoms with E-state index in [0.717, 1.165) is 5.57 Å². The molecular formula is C9H17N3O. The number of rotatable bonds is 2. The van der Waals surface area contributed by atoms with Crippen LogP contribution >= 0.6 is 0 Å². The highest BCUT2D eigenvalue weighted by molar-refractivity contribution is 6.00. The standard InChI is InChI=1S/C9H17N3O/c1-6(2)8(13-7(3)4)12-9(10)11-5/h7H,1H2,2-5H3,(H2,10,11)/b12-8+. The van der Waals surface area contributed by atoms with Crippen LogP contribution < -0.4 is 5.73 Å². The van der Waals surface area contributed by atoms with Gasteiger partial charge in [-0.2, -0.15) is 4.99 Å². The van der Waals surface area contributed by atoms with E-state index < -0.39 is 0 Å². The minimum atomic E-state index is 0.0557. The monoisotopic (exact) mass is 183 g/mol. The van der Waals surface area contributed by atoms with Gasteiger partial charge in [0.1, 0.15) is 0 Å². The zero-order chi connectivity index (χ0) is 10.4. The normalized spacial score (nSPS) is 13.3. The third kappa shape index (κ3) is 5.00. The third-order valence-corrected chi connectivity index (χ3v) is 1.16. The lowest BCUT2D eigenvalue weighted by molar-refractivity contribution is 0.229. The molecule has 0 amide bonds. The van der Waals surface area contributed by atoms with Crippen molar-refractivity contribution in [1.29, 1.82) is 0 Å². The van der Waals surface area contributed by atoms with Gasteiger partial charge in [-0.1, -0.05) is 6.58 Å². The molecule has 0 aromatic heterocycles. The smallest absolute Gasteiger partial charge is 0.219 e. The molecule has 0 aromatic carbocycles. The van der Waals surface area contributed by atoms with Crippen LogP contribution in [-0.2, 0) is 4.74 Å². The van der Waals surface area contributed by atoms with Crippen molar-refractivity contribution in [3.8, 4) is 0 Å². The number of hydrogen-bond acceptors (Lipinski definition) is 2. The number of guanidine groups is 1. The highest BCUT2D eigenvalue weighted by Crippen LogP contribution is 2.00. The minimum absolute atomic E-state index is 0.0557. The molecule has 0 rings (SSSR count). The van der Waals surface area contributed by atoms with E-state index in [1.54, 1.807) is 7.05 Å². The Hall–Kier alpha value is -1.32. The molecule has 0 fully saturated rings. The maximum absolute atomic E-state index is 5.43. The van der Waals surface area contributed by atoms with Crippen LogP contribution in [0.4, 0.5) is 0 Å². The summed E-state index contributed by atoms with van der Waals surface area (Å²) in [5.74, 6) is 0.636. The molecule has 0 aromatic rings. The van der Waals surface area contributed by atoms with Crippen molar-refractivity contribution < 1.29 is 4.74 Å². The number of ether oxygens (including phenoxy) is 1. The fraction of sp³-hybridized carbons (Fsp3) is 0.556. The highest BCUT2D eigenvalue weighted by atomic mass is 16.5. The maximum Gasteiger partial charge on any atom is 0.219 e. The molecule has 0 atom stereocenters. The highest BCUT2D eigenvalue weighted by Gasteiger charge is 2.04.